The van der Waals surface area contributed by atoms with Crippen LogP contribution >= 0.6 is 11.3 Å². The van der Waals surface area contributed by atoms with Crippen LogP contribution in [0, 0.1) is 18.8 Å². The molecule has 0 unspecified atom stereocenters. The first-order valence-corrected chi connectivity index (χ1v) is 10.7. The summed E-state index contributed by atoms with van der Waals surface area (Å²) < 4.78 is 65.7. The quantitative estimate of drug-likeness (QED) is 0.428. The van der Waals surface area contributed by atoms with Crippen LogP contribution in [0.5, 0.6) is 0 Å². The minimum Gasteiger partial charge on any atom is -0.257 e. The van der Waals surface area contributed by atoms with E-state index in [0.717, 1.165) is 44.5 Å². The molecule has 0 atom stereocenters. The normalized spacial score (nSPS) is 12.0. The first-order valence-electron chi connectivity index (χ1n) is 8.09. The summed E-state index contributed by atoms with van der Waals surface area (Å²) >= 11 is 1.52. The van der Waals surface area contributed by atoms with Gasteiger partial charge in [0.25, 0.3) is 10.1 Å². The molecule has 0 bridgehead atoms. The van der Waals surface area contributed by atoms with Crippen LogP contribution in [0.15, 0.2) is 42.5 Å². The van der Waals surface area contributed by atoms with E-state index < -0.39 is 21.9 Å². The lowest BCUT2D eigenvalue weighted by molar-refractivity contribution is -0.137. The summed E-state index contributed by atoms with van der Waals surface area (Å²) in [5.74, 6) is 5.49. The van der Waals surface area contributed by atoms with Gasteiger partial charge in [-0.2, -0.15) is 21.6 Å². The second-order valence-electron chi connectivity index (χ2n) is 6.09. The molecule has 0 radical (unpaired) electrons. The summed E-state index contributed by atoms with van der Waals surface area (Å²) in [5.41, 5.74) is 1.64. The predicted molar refractivity (Wildman–Crippen MR) is 105 cm³/mol. The molecule has 2 aromatic carbocycles. The zero-order chi connectivity index (χ0) is 20.5. The zero-order valence-corrected chi connectivity index (χ0v) is 16.6. The van der Waals surface area contributed by atoms with Crippen molar-refractivity contribution in [3.8, 4) is 23.0 Å². The second kappa shape index (κ2) is 7.59. The topological polar surface area (TPSA) is 43.4 Å². The molecule has 1 aromatic heterocycles. The van der Waals surface area contributed by atoms with Gasteiger partial charge in [-0.05, 0) is 36.8 Å². The lowest BCUT2D eigenvalue weighted by Crippen LogP contribution is -2.03. The third-order valence-electron chi connectivity index (χ3n) is 3.94. The Morgan fingerprint density at radius 1 is 1.11 bits per heavy atom. The Morgan fingerprint density at radius 2 is 1.79 bits per heavy atom. The number of fused-ring (bicyclic) bond motifs is 1. The van der Waals surface area contributed by atoms with Crippen LogP contribution in [-0.2, 0) is 20.5 Å². The van der Waals surface area contributed by atoms with Crippen molar-refractivity contribution in [3.63, 3.8) is 0 Å². The molecule has 0 amide bonds. The average Bonchev–Trinajstić information content (AvgIpc) is 2.92. The number of halogens is 3. The van der Waals surface area contributed by atoms with Gasteiger partial charge in [0.2, 0.25) is 0 Å². The molecule has 0 aliphatic carbocycles. The molecule has 0 aliphatic heterocycles. The van der Waals surface area contributed by atoms with E-state index in [1.807, 2.05) is 19.1 Å². The number of hydrogen-bond donors (Lipinski definition) is 0. The maximum atomic E-state index is 12.8. The van der Waals surface area contributed by atoms with Gasteiger partial charge >= 0.3 is 6.18 Å². The molecule has 3 nitrogen and oxygen atoms in total. The van der Waals surface area contributed by atoms with Crippen molar-refractivity contribution in [3.05, 3.63) is 58.5 Å². The smallest absolute Gasteiger partial charge is 0.257 e. The average molecular weight is 424 g/mol. The molecule has 0 saturated carbocycles. The molecule has 0 aliphatic rings. The van der Waals surface area contributed by atoms with Crippen LogP contribution in [0.1, 0.15) is 16.0 Å². The number of rotatable bonds is 3. The fourth-order valence-electron chi connectivity index (χ4n) is 2.76. The number of alkyl halides is 3. The minimum atomic E-state index is -4.36. The summed E-state index contributed by atoms with van der Waals surface area (Å²) in [5, 5.41) is 0.931. The molecular formula is C20H15F3O3S2. The highest BCUT2D eigenvalue weighted by molar-refractivity contribution is 7.86. The second-order valence-corrected chi connectivity index (χ2v) is 8.99. The monoisotopic (exact) mass is 424 g/mol. The molecule has 1 heterocycles. The van der Waals surface area contributed by atoms with Gasteiger partial charge in [-0.15, -0.1) is 11.3 Å². The van der Waals surface area contributed by atoms with E-state index in [9.17, 15) is 21.6 Å². The van der Waals surface area contributed by atoms with E-state index in [0.29, 0.717) is 5.56 Å². The van der Waals surface area contributed by atoms with Gasteiger partial charge < -0.3 is 0 Å². The molecule has 3 aromatic rings. The van der Waals surface area contributed by atoms with Gasteiger partial charge in [0.15, 0.2) is 0 Å². The fraction of sp³-hybridized carbons (Fsp3) is 0.200. The highest BCUT2D eigenvalue weighted by Gasteiger charge is 2.30. The lowest BCUT2D eigenvalue weighted by Gasteiger charge is -2.08. The van der Waals surface area contributed by atoms with Gasteiger partial charge in [-0.1, -0.05) is 30.0 Å². The summed E-state index contributed by atoms with van der Waals surface area (Å²) in [6.07, 6.45) is -3.41. The maximum absolute atomic E-state index is 12.8. The van der Waals surface area contributed by atoms with E-state index in [4.69, 9.17) is 0 Å². The summed E-state index contributed by atoms with van der Waals surface area (Å²) in [6, 6.07) is 10.7. The van der Waals surface area contributed by atoms with E-state index in [-0.39, 0.29) is 6.61 Å². The third kappa shape index (κ3) is 4.73. The van der Waals surface area contributed by atoms with E-state index >= 15 is 0 Å². The van der Waals surface area contributed by atoms with E-state index in [1.165, 1.54) is 23.5 Å². The summed E-state index contributed by atoms with van der Waals surface area (Å²) in [7, 11) is -3.53. The van der Waals surface area contributed by atoms with E-state index in [1.54, 1.807) is 6.07 Å². The Labute approximate surface area is 164 Å². The van der Waals surface area contributed by atoms with Gasteiger partial charge in [-0.25, -0.2) is 0 Å². The molecule has 8 heteroatoms. The maximum Gasteiger partial charge on any atom is 0.416 e. The van der Waals surface area contributed by atoms with E-state index in [2.05, 4.69) is 16.0 Å². The zero-order valence-electron chi connectivity index (χ0n) is 14.9. The first-order chi connectivity index (χ1) is 13.0. The Morgan fingerprint density at radius 3 is 2.39 bits per heavy atom. The van der Waals surface area contributed by atoms with Crippen LogP contribution in [0.4, 0.5) is 13.2 Å². The summed E-state index contributed by atoms with van der Waals surface area (Å²) in [6.45, 7) is 1.69. The molecule has 0 saturated heterocycles. The van der Waals surface area contributed by atoms with Crippen molar-refractivity contribution in [1.82, 2.24) is 0 Å². The highest BCUT2D eigenvalue weighted by atomic mass is 32.2. The Kier molecular flexibility index (Phi) is 5.53. The van der Waals surface area contributed by atoms with Crippen LogP contribution in [0.25, 0.3) is 21.2 Å². The largest absolute Gasteiger partial charge is 0.416 e. The van der Waals surface area contributed by atoms with Crippen molar-refractivity contribution in [2.45, 2.75) is 13.1 Å². The first kappa shape index (κ1) is 20.4. The molecule has 0 N–H and O–H groups in total. The van der Waals surface area contributed by atoms with Crippen LogP contribution in [0.3, 0.4) is 0 Å². The Hall–Kier alpha value is -2.34. The standard InChI is InChI=1S/C20H15F3O3S2/c1-13-19(15-6-8-16(9-7-15)20(21,22)23)17-10-5-14(12-18(17)27-13)4-3-11-26-28(2,24)25/h5-10,12H,11H2,1-2H3. The Bertz CT molecular complexity index is 1180. The molecule has 0 spiro atoms. The number of aryl methyl sites for hydroxylation is 1. The Balaban J connectivity index is 1.92. The van der Waals surface area contributed by atoms with Gasteiger partial charge in [0.1, 0.15) is 6.61 Å². The van der Waals surface area contributed by atoms with Gasteiger partial charge in [-0.3, -0.25) is 4.18 Å². The van der Waals surface area contributed by atoms with Crippen LogP contribution < -0.4 is 0 Å². The minimum absolute atomic E-state index is 0.225. The molecule has 3 rings (SSSR count). The van der Waals surface area contributed by atoms with Crippen molar-refractivity contribution in [2.24, 2.45) is 0 Å². The van der Waals surface area contributed by atoms with Crippen molar-refractivity contribution in [1.29, 1.82) is 0 Å². The predicted octanol–water partition coefficient (Wildman–Crippen LogP) is 5.22. The van der Waals surface area contributed by atoms with Gasteiger partial charge in [0.05, 0.1) is 11.8 Å². The number of hydrogen-bond acceptors (Lipinski definition) is 4. The fourth-order valence-corrected chi connectivity index (χ4v) is 4.15. The molecular weight excluding hydrogens is 409 g/mol. The number of thiophene rings is 1. The lowest BCUT2D eigenvalue weighted by atomic mass is 10.00. The number of benzene rings is 2. The third-order valence-corrected chi connectivity index (χ3v) is 5.56. The van der Waals surface area contributed by atoms with Crippen LogP contribution in [-0.4, -0.2) is 21.3 Å². The molecule has 28 heavy (non-hydrogen) atoms. The highest BCUT2D eigenvalue weighted by Crippen LogP contribution is 2.39. The van der Waals surface area contributed by atoms with Gasteiger partial charge in [0, 0.05) is 26.1 Å². The SMILES string of the molecule is Cc1sc2cc(C#CCOS(C)(=O)=O)ccc2c1-c1ccc(C(F)(F)F)cc1. The van der Waals surface area contributed by atoms with Crippen molar-refractivity contribution >= 4 is 31.5 Å². The molecule has 146 valence electrons. The summed E-state index contributed by atoms with van der Waals surface area (Å²) in [4.78, 5) is 0.986. The van der Waals surface area contributed by atoms with Crippen molar-refractivity contribution < 1.29 is 25.8 Å². The van der Waals surface area contributed by atoms with Crippen LogP contribution in [0.2, 0.25) is 0 Å². The van der Waals surface area contributed by atoms with Crippen molar-refractivity contribution in [2.75, 3.05) is 12.9 Å². The molecule has 0 fully saturated rings.